The molecular formula is C11H13N5S2. The van der Waals surface area contributed by atoms with Crippen molar-refractivity contribution >= 4 is 34.7 Å². The Labute approximate surface area is 113 Å². The SMILES string of the molecule is Cc1ncsc1Cn1c(=S)[nH]c2c(C)nn(C)c21. The van der Waals surface area contributed by atoms with E-state index in [1.54, 1.807) is 11.3 Å². The number of aryl methyl sites for hydroxylation is 3. The van der Waals surface area contributed by atoms with Crippen molar-refractivity contribution in [3.8, 4) is 0 Å². The Morgan fingerprint density at radius 3 is 2.83 bits per heavy atom. The van der Waals surface area contributed by atoms with Gasteiger partial charge in [-0.1, -0.05) is 0 Å². The molecular weight excluding hydrogens is 266 g/mol. The second-order valence-corrected chi connectivity index (χ2v) is 5.61. The molecule has 0 bridgehead atoms. The second kappa shape index (κ2) is 4.03. The smallest absolute Gasteiger partial charge is 0.179 e. The number of aromatic nitrogens is 5. The van der Waals surface area contributed by atoms with Gasteiger partial charge in [0, 0.05) is 11.9 Å². The summed E-state index contributed by atoms with van der Waals surface area (Å²) in [4.78, 5) is 8.73. The fraction of sp³-hybridized carbons (Fsp3) is 0.364. The lowest BCUT2D eigenvalue weighted by molar-refractivity contribution is 0.717. The van der Waals surface area contributed by atoms with Crippen molar-refractivity contribution in [1.29, 1.82) is 0 Å². The molecule has 0 radical (unpaired) electrons. The minimum atomic E-state index is 0.730. The predicted octanol–water partition coefficient (Wildman–Crippen LogP) is 2.55. The molecule has 7 heteroatoms. The molecule has 0 fully saturated rings. The lowest BCUT2D eigenvalue weighted by Gasteiger charge is -2.03. The number of rotatable bonds is 2. The van der Waals surface area contributed by atoms with Gasteiger partial charge >= 0.3 is 0 Å². The molecule has 0 aliphatic rings. The summed E-state index contributed by atoms with van der Waals surface area (Å²) in [6, 6.07) is 0. The van der Waals surface area contributed by atoms with Gasteiger partial charge in [0.05, 0.1) is 23.4 Å². The molecule has 3 aromatic heterocycles. The lowest BCUT2D eigenvalue weighted by Crippen LogP contribution is -2.04. The van der Waals surface area contributed by atoms with E-state index in [4.69, 9.17) is 12.2 Å². The van der Waals surface area contributed by atoms with Crippen LogP contribution < -0.4 is 0 Å². The molecule has 0 unspecified atom stereocenters. The van der Waals surface area contributed by atoms with E-state index in [0.717, 1.165) is 33.9 Å². The first-order valence-corrected chi connectivity index (χ1v) is 6.88. The predicted molar refractivity (Wildman–Crippen MR) is 74.6 cm³/mol. The number of nitrogens with one attached hydrogen (secondary N) is 1. The van der Waals surface area contributed by atoms with Crippen LogP contribution in [0.5, 0.6) is 0 Å². The molecule has 3 rings (SSSR count). The number of hydrogen-bond acceptors (Lipinski definition) is 4. The van der Waals surface area contributed by atoms with Crippen molar-refractivity contribution in [2.75, 3.05) is 0 Å². The van der Waals surface area contributed by atoms with Gasteiger partial charge in [0.2, 0.25) is 0 Å². The number of H-pyrrole nitrogens is 1. The average molecular weight is 279 g/mol. The van der Waals surface area contributed by atoms with Crippen molar-refractivity contribution in [3.63, 3.8) is 0 Å². The molecule has 3 heterocycles. The van der Waals surface area contributed by atoms with Crippen molar-refractivity contribution < 1.29 is 0 Å². The number of thiazole rings is 1. The van der Waals surface area contributed by atoms with Crippen LogP contribution in [0.15, 0.2) is 5.51 Å². The molecule has 0 saturated heterocycles. The molecule has 0 amide bonds. The minimum absolute atomic E-state index is 0.730. The van der Waals surface area contributed by atoms with E-state index >= 15 is 0 Å². The van der Waals surface area contributed by atoms with E-state index in [1.165, 1.54) is 4.88 Å². The Hall–Kier alpha value is -1.47. The van der Waals surface area contributed by atoms with Crippen LogP contribution in [0.2, 0.25) is 0 Å². The first-order chi connectivity index (χ1) is 8.58. The molecule has 0 spiro atoms. The van der Waals surface area contributed by atoms with E-state index < -0.39 is 0 Å². The zero-order valence-corrected chi connectivity index (χ0v) is 12.0. The summed E-state index contributed by atoms with van der Waals surface area (Å²) in [7, 11) is 1.94. The van der Waals surface area contributed by atoms with Gasteiger partial charge in [-0.15, -0.1) is 11.3 Å². The summed E-state index contributed by atoms with van der Waals surface area (Å²) in [6.07, 6.45) is 0. The third kappa shape index (κ3) is 1.62. The summed E-state index contributed by atoms with van der Waals surface area (Å²) in [5.41, 5.74) is 5.95. The Kier molecular flexibility index (Phi) is 2.60. The Bertz CT molecular complexity index is 773. The summed E-state index contributed by atoms with van der Waals surface area (Å²) in [6.45, 7) is 4.75. The average Bonchev–Trinajstić information content (AvgIpc) is 2.92. The Balaban J connectivity index is 2.20. The van der Waals surface area contributed by atoms with Crippen LogP contribution in [0.25, 0.3) is 11.2 Å². The molecule has 18 heavy (non-hydrogen) atoms. The van der Waals surface area contributed by atoms with E-state index in [2.05, 4.69) is 19.6 Å². The van der Waals surface area contributed by atoms with Crippen LogP contribution >= 0.6 is 23.6 Å². The van der Waals surface area contributed by atoms with Crippen molar-refractivity contribution in [1.82, 2.24) is 24.3 Å². The van der Waals surface area contributed by atoms with Crippen LogP contribution in [0.1, 0.15) is 16.3 Å². The van der Waals surface area contributed by atoms with Gasteiger partial charge in [0.1, 0.15) is 5.52 Å². The zero-order valence-electron chi connectivity index (χ0n) is 10.4. The van der Waals surface area contributed by atoms with Gasteiger partial charge in [0.25, 0.3) is 0 Å². The standard InChI is InChI=1S/C11H13N5S2/c1-6-8(18-5-12-6)4-16-10-9(13-11(16)17)7(2)14-15(10)3/h5H,4H2,1-3H3,(H,13,17). The maximum absolute atomic E-state index is 5.39. The molecule has 3 aromatic rings. The van der Waals surface area contributed by atoms with Crippen molar-refractivity contribution in [2.45, 2.75) is 20.4 Å². The second-order valence-electron chi connectivity index (χ2n) is 4.28. The fourth-order valence-corrected chi connectivity index (χ4v) is 3.16. The maximum Gasteiger partial charge on any atom is 0.179 e. The maximum atomic E-state index is 5.39. The molecule has 0 aliphatic carbocycles. The monoisotopic (exact) mass is 279 g/mol. The highest BCUT2D eigenvalue weighted by molar-refractivity contribution is 7.71. The molecule has 94 valence electrons. The van der Waals surface area contributed by atoms with Gasteiger partial charge in [-0.25, -0.2) is 4.98 Å². The van der Waals surface area contributed by atoms with Gasteiger partial charge < -0.3 is 4.98 Å². The van der Waals surface area contributed by atoms with Gasteiger partial charge in [0.15, 0.2) is 10.4 Å². The van der Waals surface area contributed by atoms with Gasteiger partial charge in [-0.05, 0) is 26.1 Å². The summed E-state index contributed by atoms with van der Waals surface area (Å²) < 4.78 is 4.67. The fourth-order valence-electron chi connectivity index (χ4n) is 2.14. The van der Waals surface area contributed by atoms with Crippen LogP contribution in [-0.4, -0.2) is 24.3 Å². The lowest BCUT2D eigenvalue weighted by atomic mass is 10.4. The molecule has 0 atom stereocenters. The highest BCUT2D eigenvalue weighted by atomic mass is 32.1. The molecule has 0 aromatic carbocycles. The van der Waals surface area contributed by atoms with E-state index in [9.17, 15) is 0 Å². The van der Waals surface area contributed by atoms with Crippen LogP contribution in [0.4, 0.5) is 0 Å². The summed E-state index contributed by atoms with van der Waals surface area (Å²) >= 11 is 7.05. The highest BCUT2D eigenvalue weighted by Gasteiger charge is 2.14. The number of imidazole rings is 1. The normalized spacial score (nSPS) is 11.5. The third-order valence-corrected chi connectivity index (χ3v) is 4.31. The third-order valence-electron chi connectivity index (χ3n) is 3.07. The largest absolute Gasteiger partial charge is 0.328 e. The Morgan fingerprint density at radius 1 is 1.39 bits per heavy atom. The van der Waals surface area contributed by atoms with Crippen LogP contribution in [0, 0.1) is 18.6 Å². The molecule has 0 saturated carbocycles. The zero-order chi connectivity index (χ0) is 12.9. The van der Waals surface area contributed by atoms with E-state index in [1.807, 2.05) is 31.1 Å². The van der Waals surface area contributed by atoms with Gasteiger partial charge in [-0.2, -0.15) is 5.10 Å². The molecule has 1 N–H and O–H groups in total. The summed E-state index contributed by atoms with van der Waals surface area (Å²) in [5, 5.41) is 4.41. The topological polar surface area (TPSA) is 51.4 Å². The number of hydrogen-bond donors (Lipinski definition) is 1. The van der Waals surface area contributed by atoms with Crippen LogP contribution in [-0.2, 0) is 13.6 Å². The minimum Gasteiger partial charge on any atom is -0.328 e. The molecule has 0 aliphatic heterocycles. The quantitative estimate of drug-likeness (QED) is 0.733. The summed E-state index contributed by atoms with van der Waals surface area (Å²) in [5.74, 6) is 0. The first kappa shape index (κ1) is 11.6. The number of nitrogens with zero attached hydrogens (tertiary/aromatic N) is 4. The van der Waals surface area contributed by atoms with Crippen molar-refractivity contribution in [3.05, 3.63) is 26.5 Å². The van der Waals surface area contributed by atoms with Crippen LogP contribution in [0.3, 0.4) is 0 Å². The first-order valence-electron chi connectivity index (χ1n) is 5.59. The van der Waals surface area contributed by atoms with E-state index in [-0.39, 0.29) is 0 Å². The van der Waals surface area contributed by atoms with Crippen molar-refractivity contribution in [2.24, 2.45) is 7.05 Å². The number of aromatic amines is 1. The Morgan fingerprint density at radius 2 is 2.17 bits per heavy atom. The highest BCUT2D eigenvalue weighted by Crippen LogP contribution is 2.20. The molecule has 5 nitrogen and oxygen atoms in total. The van der Waals surface area contributed by atoms with E-state index in [0.29, 0.717) is 0 Å². The number of fused-ring (bicyclic) bond motifs is 1. The van der Waals surface area contributed by atoms with Gasteiger partial charge in [-0.3, -0.25) is 9.25 Å².